The lowest BCUT2D eigenvalue weighted by molar-refractivity contribution is 0.251. The summed E-state index contributed by atoms with van der Waals surface area (Å²) in [6, 6.07) is 6.22. The molecule has 0 aliphatic carbocycles. The first kappa shape index (κ1) is 13.7. The van der Waals surface area contributed by atoms with Crippen molar-refractivity contribution in [2.45, 2.75) is 25.5 Å². The van der Waals surface area contributed by atoms with Gasteiger partial charge in [-0.15, -0.1) is 0 Å². The molecular weight excluding hydrogens is 248 g/mol. The van der Waals surface area contributed by atoms with Crippen LogP contribution in [-0.2, 0) is 6.61 Å². The van der Waals surface area contributed by atoms with E-state index in [1.165, 1.54) is 0 Å². The lowest BCUT2D eigenvalue weighted by Crippen LogP contribution is -2.42. The molecule has 0 spiro atoms. The van der Waals surface area contributed by atoms with Crippen LogP contribution in [0.25, 0.3) is 0 Å². The predicted octanol–water partition coefficient (Wildman–Crippen LogP) is 2.36. The summed E-state index contributed by atoms with van der Waals surface area (Å²) in [6.45, 7) is 2.32. The van der Waals surface area contributed by atoms with Gasteiger partial charge in [0.1, 0.15) is 0 Å². The topological polar surface area (TPSA) is 26.7 Å². The van der Waals surface area contributed by atoms with E-state index in [0.29, 0.717) is 6.04 Å². The molecule has 1 aliphatic rings. The second kappa shape index (κ2) is 5.91. The summed E-state index contributed by atoms with van der Waals surface area (Å²) in [6.07, 6.45) is 2.31. The lowest BCUT2D eigenvalue weighted by atomic mass is 10.0. The van der Waals surface area contributed by atoms with E-state index in [9.17, 15) is 5.11 Å². The molecule has 0 radical (unpaired) electrons. The molecule has 0 aromatic heterocycles. The number of rotatable bonds is 3. The van der Waals surface area contributed by atoms with E-state index < -0.39 is 0 Å². The number of aliphatic hydroxyl groups excluding tert-OH is 1. The van der Waals surface area contributed by atoms with Crippen LogP contribution in [0, 0.1) is 0 Å². The zero-order chi connectivity index (χ0) is 13.1. The fourth-order valence-electron chi connectivity index (χ4n) is 2.58. The number of likely N-dealkylation sites (tertiary alicyclic amines) is 1. The van der Waals surface area contributed by atoms with E-state index >= 15 is 0 Å². The van der Waals surface area contributed by atoms with Gasteiger partial charge < -0.3 is 14.9 Å². The highest BCUT2D eigenvalue weighted by Crippen LogP contribution is 2.28. The largest absolute Gasteiger partial charge is 0.392 e. The third-order valence-electron chi connectivity index (χ3n) is 3.83. The van der Waals surface area contributed by atoms with Crippen LogP contribution in [0.3, 0.4) is 0 Å². The van der Waals surface area contributed by atoms with Crippen molar-refractivity contribution in [3.05, 3.63) is 28.8 Å². The quantitative estimate of drug-likeness (QED) is 0.912. The summed E-state index contributed by atoms with van der Waals surface area (Å²) >= 11 is 6.06. The Morgan fingerprint density at radius 2 is 2.06 bits per heavy atom. The van der Waals surface area contributed by atoms with Crippen LogP contribution in [0.15, 0.2) is 18.2 Å². The molecule has 4 heteroatoms. The number of benzene rings is 1. The van der Waals surface area contributed by atoms with Gasteiger partial charge in [-0.05, 0) is 45.1 Å². The summed E-state index contributed by atoms with van der Waals surface area (Å²) in [7, 11) is 4.26. The van der Waals surface area contributed by atoms with Crippen LogP contribution < -0.4 is 4.90 Å². The zero-order valence-corrected chi connectivity index (χ0v) is 11.8. The minimum Gasteiger partial charge on any atom is -0.392 e. The van der Waals surface area contributed by atoms with E-state index in [1.807, 2.05) is 18.2 Å². The van der Waals surface area contributed by atoms with Gasteiger partial charge in [0.25, 0.3) is 0 Å². The molecule has 3 nitrogen and oxygen atoms in total. The molecular formula is C14H21ClN2O. The Morgan fingerprint density at radius 3 is 2.67 bits per heavy atom. The van der Waals surface area contributed by atoms with Crippen molar-refractivity contribution in [2.24, 2.45) is 0 Å². The van der Waals surface area contributed by atoms with E-state index in [4.69, 9.17) is 11.6 Å². The molecule has 0 saturated carbocycles. The van der Waals surface area contributed by atoms with Crippen molar-refractivity contribution in [1.82, 2.24) is 4.90 Å². The SMILES string of the molecule is CN1CCC(N(C)c2cc(Cl)ccc2CO)CC1. The molecule has 1 aromatic rings. The van der Waals surface area contributed by atoms with Gasteiger partial charge >= 0.3 is 0 Å². The maximum atomic E-state index is 9.42. The average molecular weight is 269 g/mol. The maximum absolute atomic E-state index is 9.42. The summed E-state index contributed by atoms with van der Waals surface area (Å²) < 4.78 is 0. The summed E-state index contributed by atoms with van der Waals surface area (Å²) in [5.41, 5.74) is 2.00. The van der Waals surface area contributed by atoms with Crippen LogP contribution in [0.5, 0.6) is 0 Å². The first-order valence-corrected chi connectivity index (χ1v) is 6.80. The van der Waals surface area contributed by atoms with Crippen LogP contribution in [0.1, 0.15) is 18.4 Å². The molecule has 0 atom stereocenters. The highest BCUT2D eigenvalue weighted by molar-refractivity contribution is 6.30. The molecule has 0 amide bonds. The molecule has 1 heterocycles. The molecule has 100 valence electrons. The van der Waals surface area contributed by atoms with Crippen LogP contribution in [0.2, 0.25) is 5.02 Å². The van der Waals surface area contributed by atoms with Gasteiger partial charge in [0, 0.05) is 29.4 Å². The van der Waals surface area contributed by atoms with Crippen molar-refractivity contribution in [2.75, 3.05) is 32.1 Å². The van der Waals surface area contributed by atoms with Crippen LogP contribution in [-0.4, -0.2) is 43.2 Å². The Hall–Kier alpha value is -0.770. The summed E-state index contributed by atoms with van der Waals surface area (Å²) in [4.78, 5) is 4.62. The fraction of sp³-hybridized carbons (Fsp3) is 0.571. The Morgan fingerprint density at radius 1 is 1.39 bits per heavy atom. The van der Waals surface area contributed by atoms with Crippen LogP contribution >= 0.6 is 11.6 Å². The third-order valence-corrected chi connectivity index (χ3v) is 4.07. The standard InChI is InChI=1S/C14H21ClN2O/c1-16-7-5-13(6-8-16)17(2)14-9-12(15)4-3-11(14)10-18/h3-4,9,13,18H,5-8,10H2,1-2H3. The zero-order valence-electron chi connectivity index (χ0n) is 11.1. The summed E-state index contributed by atoms with van der Waals surface area (Å²) in [5.74, 6) is 0. The van der Waals surface area contributed by atoms with Crippen molar-refractivity contribution in [3.8, 4) is 0 Å². The molecule has 1 saturated heterocycles. The van der Waals surface area contributed by atoms with E-state index in [2.05, 4.69) is 23.9 Å². The molecule has 1 N–H and O–H groups in total. The normalized spacial score (nSPS) is 18.0. The average Bonchev–Trinajstić information content (AvgIpc) is 2.39. The number of aliphatic hydroxyl groups is 1. The molecule has 0 unspecified atom stereocenters. The Labute approximate surface area is 114 Å². The second-order valence-electron chi connectivity index (χ2n) is 5.08. The smallest absolute Gasteiger partial charge is 0.0702 e. The van der Waals surface area contributed by atoms with Gasteiger partial charge in [-0.1, -0.05) is 17.7 Å². The van der Waals surface area contributed by atoms with E-state index in [-0.39, 0.29) is 6.61 Å². The number of anilines is 1. The Kier molecular flexibility index (Phi) is 4.49. The Bertz CT molecular complexity index is 403. The number of hydrogen-bond donors (Lipinski definition) is 1. The van der Waals surface area contributed by atoms with Gasteiger partial charge in [-0.2, -0.15) is 0 Å². The minimum absolute atomic E-state index is 0.0590. The molecule has 0 bridgehead atoms. The molecule has 18 heavy (non-hydrogen) atoms. The van der Waals surface area contributed by atoms with Gasteiger partial charge in [0.15, 0.2) is 0 Å². The first-order valence-electron chi connectivity index (χ1n) is 6.42. The fourth-order valence-corrected chi connectivity index (χ4v) is 2.74. The Balaban J connectivity index is 2.17. The van der Waals surface area contributed by atoms with Crippen molar-refractivity contribution in [3.63, 3.8) is 0 Å². The maximum Gasteiger partial charge on any atom is 0.0702 e. The highest BCUT2D eigenvalue weighted by atomic mass is 35.5. The first-order chi connectivity index (χ1) is 8.61. The van der Waals surface area contributed by atoms with Gasteiger partial charge in [0.05, 0.1) is 6.61 Å². The molecule has 1 aliphatic heterocycles. The third kappa shape index (κ3) is 2.97. The van der Waals surface area contributed by atoms with Gasteiger partial charge in [-0.25, -0.2) is 0 Å². The molecule has 1 aromatic carbocycles. The molecule has 2 rings (SSSR count). The lowest BCUT2D eigenvalue weighted by Gasteiger charge is -2.37. The molecule has 1 fully saturated rings. The van der Waals surface area contributed by atoms with Gasteiger partial charge in [-0.3, -0.25) is 0 Å². The number of hydrogen-bond acceptors (Lipinski definition) is 3. The number of nitrogens with zero attached hydrogens (tertiary/aromatic N) is 2. The number of piperidine rings is 1. The number of halogens is 1. The van der Waals surface area contributed by atoms with Crippen LogP contribution in [0.4, 0.5) is 5.69 Å². The highest BCUT2D eigenvalue weighted by Gasteiger charge is 2.22. The second-order valence-corrected chi connectivity index (χ2v) is 5.51. The van der Waals surface area contributed by atoms with Crippen molar-refractivity contribution < 1.29 is 5.11 Å². The van der Waals surface area contributed by atoms with Gasteiger partial charge in [0.2, 0.25) is 0 Å². The minimum atomic E-state index is 0.0590. The summed E-state index contributed by atoms with van der Waals surface area (Å²) in [5, 5.41) is 10.1. The van der Waals surface area contributed by atoms with E-state index in [1.54, 1.807) is 0 Å². The predicted molar refractivity (Wildman–Crippen MR) is 76.3 cm³/mol. The van der Waals surface area contributed by atoms with Crippen molar-refractivity contribution >= 4 is 17.3 Å². The van der Waals surface area contributed by atoms with Crippen molar-refractivity contribution in [1.29, 1.82) is 0 Å². The monoisotopic (exact) mass is 268 g/mol. The van der Waals surface area contributed by atoms with E-state index in [0.717, 1.165) is 42.2 Å².